The maximum Gasteiger partial charge on any atom is 0.0172 e. The van der Waals surface area contributed by atoms with E-state index < -0.39 is 0 Å². The normalized spacial score (nSPS) is 27.2. The Bertz CT molecular complexity index is 713. The topological polar surface area (TPSA) is 0 Å². The maximum atomic E-state index is 2.66. The van der Waals surface area contributed by atoms with Crippen LogP contribution in [-0.4, -0.2) is 16.5 Å². The smallest absolute Gasteiger partial charge is 0.0172 e. The van der Waals surface area contributed by atoms with E-state index in [0.29, 0.717) is 5.16 Å². The average Bonchev–Trinajstić information content (AvgIpc) is 2.71. The molecule has 0 unspecified atom stereocenters. The van der Waals surface area contributed by atoms with Crippen molar-refractivity contribution in [1.82, 2.24) is 0 Å². The first kappa shape index (κ1) is 20.4. The minimum absolute atomic E-state index is 0.000280. The van der Waals surface area contributed by atoms with E-state index in [2.05, 4.69) is 57.2 Å². The number of allylic oxidation sites excluding steroid dienone is 4. The highest BCUT2D eigenvalue weighted by Crippen LogP contribution is 2.68. The van der Waals surface area contributed by atoms with Gasteiger partial charge in [-0.25, -0.2) is 0 Å². The Morgan fingerprint density at radius 2 is 1.46 bits per heavy atom. The summed E-state index contributed by atoms with van der Waals surface area (Å²) in [5.74, 6) is 0. The molecule has 0 spiro atoms. The molecule has 1 aromatic rings. The van der Waals surface area contributed by atoms with Crippen LogP contribution in [0.15, 0.2) is 36.4 Å². The van der Waals surface area contributed by atoms with Crippen LogP contribution in [0, 0.1) is 13.8 Å². The summed E-state index contributed by atoms with van der Waals surface area (Å²) < 4.78 is 0. The number of aryl methyl sites for hydroxylation is 2. The Kier molecular flexibility index (Phi) is 6.46. The van der Waals surface area contributed by atoms with E-state index in [9.17, 15) is 0 Å². The Morgan fingerprint density at radius 1 is 0.857 bits per heavy atom. The van der Waals surface area contributed by atoms with Crippen molar-refractivity contribution >= 4 is 13.5 Å². The van der Waals surface area contributed by atoms with Crippen LogP contribution in [0.5, 0.6) is 0 Å². The van der Waals surface area contributed by atoms with Crippen LogP contribution in [0.25, 0.3) is 5.57 Å². The summed E-state index contributed by atoms with van der Waals surface area (Å²) in [5, 5.41) is 0.355. The molecular weight excluding hydrogens is 355 g/mol. The Labute approximate surface area is 174 Å². The summed E-state index contributed by atoms with van der Waals surface area (Å²) in [5.41, 5.74) is 8.04. The molecule has 152 valence electrons. The van der Waals surface area contributed by atoms with E-state index in [1.807, 2.05) is 0 Å². The molecule has 1 heteroatoms. The molecule has 2 fully saturated rings. The molecule has 0 N–H and O–H groups in total. The average molecular weight is 395 g/mol. The van der Waals surface area contributed by atoms with Gasteiger partial charge in [0.05, 0.1) is 0 Å². The molecule has 0 radical (unpaired) electrons. The van der Waals surface area contributed by atoms with Gasteiger partial charge in [-0.1, -0.05) is 95.4 Å². The number of rotatable bonds is 4. The Balaban J connectivity index is 1.75. The van der Waals surface area contributed by atoms with E-state index in [1.165, 1.54) is 87.3 Å². The zero-order valence-electron chi connectivity index (χ0n) is 18.3. The van der Waals surface area contributed by atoms with Crippen LogP contribution < -0.4 is 0 Å². The third-order valence-electron chi connectivity index (χ3n) is 7.67. The highest BCUT2D eigenvalue weighted by Gasteiger charge is 2.46. The molecular formula is C27H39P. The van der Waals surface area contributed by atoms with Gasteiger partial charge in [0.25, 0.3) is 0 Å². The standard InChI is InChI=1S/C27H39P/c1-21-17-18-25(22(2)20-21)26-16-10-11-19-27(26,3)28(23-12-6-4-7-13-23)24-14-8-5-9-15-24/h10-11,16-18,20,23-24H,4-9,12-15,19H2,1-3H3/t27-/m0/s1. The lowest BCUT2D eigenvalue weighted by Crippen LogP contribution is -2.36. The lowest BCUT2D eigenvalue weighted by molar-refractivity contribution is 0.477. The molecule has 0 bridgehead atoms. The number of benzene rings is 1. The van der Waals surface area contributed by atoms with Crippen molar-refractivity contribution in [2.24, 2.45) is 0 Å². The molecule has 2 saturated carbocycles. The van der Waals surface area contributed by atoms with Gasteiger partial charge in [0.1, 0.15) is 0 Å². The fraction of sp³-hybridized carbons (Fsp3) is 0.630. The lowest BCUT2D eigenvalue weighted by Gasteiger charge is -2.51. The van der Waals surface area contributed by atoms with Crippen LogP contribution in [0.3, 0.4) is 0 Å². The predicted molar refractivity (Wildman–Crippen MR) is 127 cm³/mol. The minimum atomic E-state index is 0.000280. The summed E-state index contributed by atoms with van der Waals surface area (Å²) in [6.07, 6.45) is 23.4. The summed E-state index contributed by atoms with van der Waals surface area (Å²) in [6, 6.07) is 7.13. The molecule has 28 heavy (non-hydrogen) atoms. The zero-order chi connectivity index (χ0) is 19.6. The van der Waals surface area contributed by atoms with Crippen molar-refractivity contribution in [1.29, 1.82) is 0 Å². The second-order valence-corrected chi connectivity index (χ2v) is 13.1. The summed E-state index contributed by atoms with van der Waals surface area (Å²) in [4.78, 5) is 0. The van der Waals surface area contributed by atoms with Gasteiger partial charge >= 0.3 is 0 Å². The molecule has 1 aromatic carbocycles. The van der Waals surface area contributed by atoms with Crippen LogP contribution in [0.2, 0.25) is 0 Å². The highest BCUT2D eigenvalue weighted by atomic mass is 31.1. The number of hydrogen-bond acceptors (Lipinski definition) is 0. The first-order valence-corrected chi connectivity index (χ1v) is 13.3. The molecule has 0 amide bonds. The molecule has 3 aliphatic rings. The number of hydrogen-bond donors (Lipinski definition) is 0. The van der Waals surface area contributed by atoms with Gasteiger partial charge in [-0.2, -0.15) is 0 Å². The van der Waals surface area contributed by atoms with Crippen LogP contribution in [0.1, 0.15) is 94.2 Å². The first-order valence-electron chi connectivity index (χ1n) is 11.8. The summed E-state index contributed by atoms with van der Waals surface area (Å²) in [6.45, 7) is 7.21. The monoisotopic (exact) mass is 394 g/mol. The van der Waals surface area contributed by atoms with E-state index in [0.717, 1.165) is 11.3 Å². The minimum Gasteiger partial charge on any atom is -0.0894 e. The van der Waals surface area contributed by atoms with Crippen molar-refractivity contribution < 1.29 is 0 Å². The molecule has 0 aliphatic heterocycles. The third-order valence-corrected chi connectivity index (χ3v) is 11.8. The van der Waals surface area contributed by atoms with Gasteiger partial charge in [0, 0.05) is 5.16 Å². The fourth-order valence-electron chi connectivity index (χ4n) is 6.31. The maximum absolute atomic E-state index is 2.66. The fourth-order valence-corrected chi connectivity index (χ4v) is 11.2. The zero-order valence-corrected chi connectivity index (χ0v) is 19.2. The van der Waals surface area contributed by atoms with Crippen molar-refractivity contribution in [3.05, 3.63) is 53.1 Å². The molecule has 0 heterocycles. The summed E-state index contributed by atoms with van der Waals surface area (Å²) >= 11 is 0. The first-order chi connectivity index (χ1) is 13.6. The van der Waals surface area contributed by atoms with Crippen LogP contribution in [-0.2, 0) is 0 Å². The highest BCUT2D eigenvalue weighted by molar-refractivity contribution is 7.61. The van der Waals surface area contributed by atoms with Gasteiger partial charge in [-0.3, -0.25) is 0 Å². The van der Waals surface area contributed by atoms with Gasteiger partial charge in [-0.15, -0.1) is 0 Å². The SMILES string of the molecule is Cc1ccc(C2=CC=CC[C@]2(C)P(C2CCCCC2)C2CCCCC2)c(C)c1. The largest absolute Gasteiger partial charge is 0.0894 e. The molecule has 1 atom stereocenters. The van der Waals surface area contributed by atoms with Gasteiger partial charge < -0.3 is 0 Å². The Morgan fingerprint density at radius 3 is 2.04 bits per heavy atom. The predicted octanol–water partition coefficient (Wildman–Crippen LogP) is 8.55. The molecule has 4 rings (SSSR count). The van der Waals surface area contributed by atoms with Crippen LogP contribution in [0.4, 0.5) is 0 Å². The lowest BCUT2D eigenvalue weighted by atomic mass is 9.84. The van der Waals surface area contributed by atoms with Crippen LogP contribution >= 0.6 is 7.92 Å². The van der Waals surface area contributed by atoms with E-state index in [-0.39, 0.29) is 7.92 Å². The van der Waals surface area contributed by atoms with E-state index >= 15 is 0 Å². The second-order valence-electron chi connectivity index (χ2n) is 9.80. The van der Waals surface area contributed by atoms with E-state index in [4.69, 9.17) is 0 Å². The Hall–Kier alpha value is -0.870. The van der Waals surface area contributed by atoms with Crippen molar-refractivity contribution in [3.63, 3.8) is 0 Å². The molecule has 0 aromatic heterocycles. The van der Waals surface area contributed by atoms with Crippen molar-refractivity contribution in [2.45, 2.75) is 108 Å². The summed E-state index contributed by atoms with van der Waals surface area (Å²) in [7, 11) is 0.000280. The van der Waals surface area contributed by atoms with Gasteiger partial charge in [0.2, 0.25) is 0 Å². The van der Waals surface area contributed by atoms with Crippen molar-refractivity contribution in [2.75, 3.05) is 0 Å². The molecule has 3 aliphatic carbocycles. The van der Waals surface area contributed by atoms with Gasteiger partial charge in [-0.05, 0) is 74.0 Å². The van der Waals surface area contributed by atoms with Gasteiger partial charge in [0.15, 0.2) is 0 Å². The molecule has 0 saturated heterocycles. The third kappa shape index (κ3) is 4.05. The van der Waals surface area contributed by atoms with E-state index in [1.54, 1.807) is 5.57 Å². The van der Waals surface area contributed by atoms with Crippen molar-refractivity contribution in [3.8, 4) is 0 Å². The quantitative estimate of drug-likeness (QED) is 0.449. The second kappa shape index (κ2) is 8.87. The molecule has 0 nitrogen and oxygen atoms in total.